The minimum absolute atomic E-state index is 0.0931. The van der Waals surface area contributed by atoms with E-state index in [2.05, 4.69) is 10.6 Å². The van der Waals surface area contributed by atoms with Gasteiger partial charge >= 0.3 is 12.0 Å². The van der Waals surface area contributed by atoms with E-state index in [1.54, 1.807) is 7.11 Å². The predicted molar refractivity (Wildman–Crippen MR) is 77.7 cm³/mol. The molecule has 0 rings (SSSR count). The minimum Gasteiger partial charge on any atom is -0.480 e. The number of ether oxygens (including phenoxy) is 1. The fourth-order valence-corrected chi connectivity index (χ4v) is 1.69. The Labute approximate surface area is 121 Å². The molecule has 0 spiro atoms. The Hall–Kier alpha value is -1.30. The number of hydrogen-bond acceptors (Lipinski definition) is 3. The molecule has 0 aliphatic carbocycles. The fourth-order valence-electron chi connectivity index (χ4n) is 1.69. The molecule has 0 radical (unpaired) electrons. The monoisotopic (exact) mass is 288 g/mol. The van der Waals surface area contributed by atoms with E-state index in [0.717, 1.165) is 6.42 Å². The number of urea groups is 1. The summed E-state index contributed by atoms with van der Waals surface area (Å²) in [6.07, 6.45) is 1.23. The maximum atomic E-state index is 11.7. The maximum Gasteiger partial charge on any atom is 0.326 e. The summed E-state index contributed by atoms with van der Waals surface area (Å²) >= 11 is 0. The first-order chi connectivity index (χ1) is 9.18. The van der Waals surface area contributed by atoms with E-state index in [0.29, 0.717) is 19.6 Å². The number of carbonyl (C=O) groups is 2. The van der Waals surface area contributed by atoms with E-state index in [4.69, 9.17) is 9.84 Å². The van der Waals surface area contributed by atoms with E-state index in [-0.39, 0.29) is 11.3 Å². The minimum atomic E-state index is -1.01. The molecule has 0 aromatic rings. The van der Waals surface area contributed by atoms with E-state index < -0.39 is 18.0 Å². The number of rotatable bonds is 9. The van der Waals surface area contributed by atoms with Crippen LogP contribution in [0.15, 0.2) is 0 Å². The zero-order valence-electron chi connectivity index (χ0n) is 13.2. The number of aliphatic carboxylic acids is 1. The maximum absolute atomic E-state index is 11.7. The Kier molecular flexibility index (Phi) is 8.22. The van der Waals surface area contributed by atoms with Gasteiger partial charge in [0.2, 0.25) is 0 Å². The predicted octanol–water partition coefficient (Wildman–Crippen LogP) is 1.85. The van der Waals surface area contributed by atoms with E-state index in [9.17, 15) is 9.59 Å². The number of carboxylic acid groups (broad SMARTS) is 1. The van der Waals surface area contributed by atoms with Crippen LogP contribution in [0.1, 0.15) is 40.5 Å². The van der Waals surface area contributed by atoms with Crippen molar-refractivity contribution in [3.8, 4) is 0 Å². The van der Waals surface area contributed by atoms with Gasteiger partial charge in [-0.3, -0.25) is 0 Å². The van der Waals surface area contributed by atoms with Crippen molar-refractivity contribution in [1.29, 1.82) is 0 Å². The van der Waals surface area contributed by atoms with Crippen LogP contribution in [-0.2, 0) is 9.53 Å². The summed E-state index contributed by atoms with van der Waals surface area (Å²) in [5.74, 6) is -0.804. The van der Waals surface area contributed by atoms with Gasteiger partial charge in [-0.1, -0.05) is 27.7 Å². The Morgan fingerprint density at radius 3 is 2.35 bits per heavy atom. The van der Waals surface area contributed by atoms with Crippen molar-refractivity contribution in [1.82, 2.24) is 10.6 Å². The molecule has 0 aromatic carbocycles. The van der Waals surface area contributed by atoms with E-state index >= 15 is 0 Å². The summed E-state index contributed by atoms with van der Waals surface area (Å²) in [6, 6.07) is -1.29. The Morgan fingerprint density at radius 1 is 1.30 bits per heavy atom. The largest absolute Gasteiger partial charge is 0.480 e. The standard InChI is InChI=1S/C14H28N2O4/c1-10(2)8-11(12(17)18)16-13(19)15-9-14(3,4)6-7-20-5/h10-11H,6-9H2,1-5H3,(H,17,18)(H2,15,16,19). The van der Waals surface area contributed by atoms with Crippen LogP contribution in [0.5, 0.6) is 0 Å². The first-order valence-corrected chi connectivity index (χ1v) is 6.94. The van der Waals surface area contributed by atoms with Gasteiger partial charge < -0.3 is 20.5 Å². The van der Waals surface area contributed by atoms with Gasteiger partial charge in [0.15, 0.2) is 0 Å². The summed E-state index contributed by atoms with van der Waals surface area (Å²) in [4.78, 5) is 22.8. The van der Waals surface area contributed by atoms with Crippen molar-refractivity contribution in [2.24, 2.45) is 11.3 Å². The molecule has 0 heterocycles. The van der Waals surface area contributed by atoms with Crippen molar-refractivity contribution >= 4 is 12.0 Å². The third-order valence-corrected chi connectivity index (χ3v) is 3.02. The summed E-state index contributed by atoms with van der Waals surface area (Å²) in [5.41, 5.74) is -0.0931. The van der Waals surface area contributed by atoms with Gasteiger partial charge in [0.05, 0.1) is 0 Å². The molecule has 0 saturated carbocycles. The third kappa shape index (κ3) is 8.74. The lowest BCUT2D eigenvalue weighted by molar-refractivity contribution is -0.139. The average molecular weight is 288 g/mol. The summed E-state index contributed by atoms with van der Waals surface area (Å²) in [6.45, 7) is 8.98. The number of carboxylic acids is 1. The topological polar surface area (TPSA) is 87.7 Å². The average Bonchev–Trinajstić information content (AvgIpc) is 2.33. The van der Waals surface area contributed by atoms with Gasteiger partial charge in [0.1, 0.15) is 6.04 Å². The Bertz CT molecular complexity index is 316. The molecule has 0 fully saturated rings. The highest BCUT2D eigenvalue weighted by molar-refractivity contribution is 5.82. The van der Waals surface area contributed by atoms with Crippen LogP contribution < -0.4 is 10.6 Å². The van der Waals surface area contributed by atoms with Gasteiger partial charge in [-0.25, -0.2) is 9.59 Å². The SMILES string of the molecule is COCCC(C)(C)CNC(=O)NC(CC(C)C)C(=O)O. The van der Waals surface area contributed by atoms with Crippen LogP contribution >= 0.6 is 0 Å². The van der Waals surface area contributed by atoms with E-state index in [1.807, 2.05) is 27.7 Å². The van der Waals surface area contributed by atoms with Crippen molar-refractivity contribution in [3.05, 3.63) is 0 Å². The molecule has 0 bridgehead atoms. The highest BCUT2D eigenvalue weighted by atomic mass is 16.5. The molecule has 20 heavy (non-hydrogen) atoms. The zero-order valence-corrected chi connectivity index (χ0v) is 13.2. The first-order valence-electron chi connectivity index (χ1n) is 6.94. The van der Waals surface area contributed by atoms with Crippen molar-refractivity contribution < 1.29 is 19.4 Å². The lowest BCUT2D eigenvalue weighted by atomic mass is 9.90. The molecular formula is C14H28N2O4. The highest BCUT2D eigenvalue weighted by Crippen LogP contribution is 2.18. The highest BCUT2D eigenvalue weighted by Gasteiger charge is 2.23. The molecule has 6 nitrogen and oxygen atoms in total. The second-order valence-electron chi connectivity index (χ2n) is 6.25. The number of nitrogens with one attached hydrogen (secondary N) is 2. The molecular weight excluding hydrogens is 260 g/mol. The van der Waals surface area contributed by atoms with Crippen LogP contribution in [0.4, 0.5) is 4.79 Å². The van der Waals surface area contributed by atoms with Gasteiger partial charge in [-0.05, 0) is 24.2 Å². The summed E-state index contributed by atoms with van der Waals surface area (Å²) in [5, 5.41) is 14.3. The van der Waals surface area contributed by atoms with Gasteiger partial charge in [-0.15, -0.1) is 0 Å². The van der Waals surface area contributed by atoms with Gasteiger partial charge in [0, 0.05) is 20.3 Å². The van der Waals surface area contributed by atoms with Crippen molar-refractivity contribution in [3.63, 3.8) is 0 Å². The molecule has 2 amide bonds. The first kappa shape index (κ1) is 18.7. The number of hydrogen-bond donors (Lipinski definition) is 3. The number of methoxy groups -OCH3 is 1. The molecule has 0 aromatic heterocycles. The lowest BCUT2D eigenvalue weighted by Gasteiger charge is -2.25. The molecule has 118 valence electrons. The molecule has 3 N–H and O–H groups in total. The quantitative estimate of drug-likeness (QED) is 0.604. The molecule has 6 heteroatoms. The molecule has 1 unspecified atom stereocenters. The molecule has 0 saturated heterocycles. The molecule has 1 atom stereocenters. The zero-order chi connectivity index (χ0) is 15.8. The van der Waals surface area contributed by atoms with Crippen molar-refractivity contribution in [2.45, 2.75) is 46.6 Å². The third-order valence-electron chi connectivity index (χ3n) is 3.02. The summed E-state index contributed by atoms with van der Waals surface area (Å²) < 4.78 is 5.02. The number of carbonyl (C=O) groups excluding carboxylic acids is 1. The lowest BCUT2D eigenvalue weighted by Crippen LogP contribution is -2.48. The van der Waals surface area contributed by atoms with Crippen LogP contribution in [0.25, 0.3) is 0 Å². The van der Waals surface area contributed by atoms with Crippen LogP contribution in [0.3, 0.4) is 0 Å². The van der Waals surface area contributed by atoms with Crippen molar-refractivity contribution in [2.75, 3.05) is 20.3 Å². The smallest absolute Gasteiger partial charge is 0.326 e. The second kappa shape index (κ2) is 8.79. The van der Waals surface area contributed by atoms with Crippen LogP contribution in [0.2, 0.25) is 0 Å². The van der Waals surface area contributed by atoms with Gasteiger partial charge in [0.25, 0.3) is 0 Å². The van der Waals surface area contributed by atoms with Crippen LogP contribution in [0, 0.1) is 11.3 Å². The molecule has 0 aliphatic rings. The normalized spacial score (nSPS) is 13.1. The number of amides is 2. The van der Waals surface area contributed by atoms with E-state index in [1.165, 1.54) is 0 Å². The Morgan fingerprint density at radius 2 is 1.90 bits per heavy atom. The fraction of sp³-hybridized carbons (Fsp3) is 0.857. The second-order valence-corrected chi connectivity index (χ2v) is 6.25. The molecule has 0 aliphatic heterocycles. The van der Waals surface area contributed by atoms with Gasteiger partial charge in [-0.2, -0.15) is 0 Å². The Balaban J connectivity index is 4.22. The summed E-state index contributed by atoms with van der Waals surface area (Å²) in [7, 11) is 1.64. The van der Waals surface area contributed by atoms with Crippen LogP contribution in [-0.4, -0.2) is 43.4 Å².